The summed E-state index contributed by atoms with van der Waals surface area (Å²) >= 11 is 5.07. The summed E-state index contributed by atoms with van der Waals surface area (Å²) in [7, 11) is 0. The van der Waals surface area contributed by atoms with Crippen molar-refractivity contribution in [3.8, 4) is 0 Å². The number of hydrogen-bond donors (Lipinski definition) is 0. The van der Waals surface area contributed by atoms with Crippen LogP contribution in [0.2, 0.25) is 0 Å². The summed E-state index contributed by atoms with van der Waals surface area (Å²) in [5, 5.41) is 0. The summed E-state index contributed by atoms with van der Waals surface area (Å²) in [4.78, 5) is 10.3. The minimum Gasteiger partial charge on any atom is -0.454 e. The zero-order chi connectivity index (χ0) is 14.2. The molecule has 19 heavy (non-hydrogen) atoms. The summed E-state index contributed by atoms with van der Waals surface area (Å²) in [6.45, 7) is 2.74. The zero-order valence-corrected chi connectivity index (χ0v) is 13.3. The van der Waals surface area contributed by atoms with Crippen molar-refractivity contribution in [1.82, 2.24) is 0 Å². The SMILES string of the molecule is CCCCCCCCCCCCCCCOC(=O)Cl. The van der Waals surface area contributed by atoms with Gasteiger partial charge in [-0.2, -0.15) is 0 Å². The molecule has 0 heterocycles. The predicted octanol–water partition coefficient (Wildman–Crippen LogP) is 6.45. The Bertz CT molecular complexity index is 195. The number of halogens is 1. The van der Waals surface area contributed by atoms with Crippen molar-refractivity contribution in [3.63, 3.8) is 0 Å². The summed E-state index contributed by atoms with van der Waals surface area (Å²) in [6, 6.07) is 0. The first kappa shape index (κ1) is 18.8. The number of hydrogen-bond acceptors (Lipinski definition) is 2. The van der Waals surface area contributed by atoms with Crippen LogP contribution in [0, 0.1) is 0 Å². The van der Waals surface area contributed by atoms with Crippen molar-refractivity contribution in [2.45, 2.75) is 90.4 Å². The Kier molecular flexibility index (Phi) is 15.6. The number of carbonyl (C=O) groups excluding carboxylic acids is 1. The number of ether oxygens (including phenoxy) is 1. The van der Waals surface area contributed by atoms with E-state index in [0.29, 0.717) is 6.61 Å². The Balaban J connectivity index is 2.93. The van der Waals surface area contributed by atoms with Crippen LogP contribution < -0.4 is 0 Å². The Hall–Kier alpha value is -0.240. The minimum absolute atomic E-state index is 0.472. The van der Waals surface area contributed by atoms with E-state index < -0.39 is 5.43 Å². The monoisotopic (exact) mass is 290 g/mol. The first-order valence-electron chi connectivity index (χ1n) is 8.09. The molecule has 3 heteroatoms. The van der Waals surface area contributed by atoms with E-state index >= 15 is 0 Å². The molecule has 0 aliphatic carbocycles. The van der Waals surface area contributed by atoms with Gasteiger partial charge in [0.05, 0.1) is 6.61 Å². The van der Waals surface area contributed by atoms with Gasteiger partial charge in [0.25, 0.3) is 0 Å². The van der Waals surface area contributed by atoms with E-state index in [1.54, 1.807) is 0 Å². The molecule has 0 bridgehead atoms. The van der Waals surface area contributed by atoms with Gasteiger partial charge in [-0.05, 0) is 6.42 Å². The zero-order valence-electron chi connectivity index (χ0n) is 12.6. The van der Waals surface area contributed by atoms with Crippen LogP contribution in [-0.4, -0.2) is 12.0 Å². The molecule has 0 fully saturated rings. The molecule has 0 saturated heterocycles. The van der Waals surface area contributed by atoms with E-state index in [4.69, 9.17) is 11.6 Å². The molecule has 114 valence electrons. The molecule has 0 aliphatic rings. The van der Waals surface area contributed by atoms with E-state index in [1.165, 1.54) is 70.6 Å². The van der Waals surface area contributed by atoms with Crippen LogP contribution in [0.5, 0.6) is 0 Å². The quantitative estimate of drug-likeness (QED) is 0.271. The highest BCUT2D eigenvalue weighted by atomic mass is 35.5. The molecule has 0 aromatic carbocycles. The second-order valence-electron chi connectivity index (χ2n) is 5.33. The Labute approximate surface area is 124 Å². The largest absolute Gasteiger partial charge is 0.454 e. The molecule has 0 rings (SSSR count). The van der Waals surface area contributed by atoms with Crippen LogP contribution >= 0.6 is 11.6 Å². The molecule has 0 amide bonds. The van der Waals surface area contributed by atoms with E-state index in [-0.39, 0.29) is 0 Å². The van der Waals surface area contributed by atoms with Gasteiger partial charge in [-0.3, -0.25) is 0 Å². The lowest BCUT2D eigenvalue weighted by Gasteiger charge is -2.03. The second-order valence-corrected chi connectivity index (χ2v) is 5.64. The molecular weight excluding hydrogens is 260 g/mol. The van der Waals surface area contributed by atoms with Crippen LogP contribution in [0.4, 0.5) is 4.79 Å². The van der Waals surface area contributed by atoms with E-state index in [2.05, 4.69) is 11.7 Å². The predicted molar refractivity (Wildman–Crippen MR) is 82.9 cm³/mol. The minimum atomic E-state index is -0.682. The van der Waals surface area contributed by atoms with Gasteiger partial charge in [0.2, 0.25) is 0 Å². The number of unbranched alkanes of at least 4 members (excludes halogenated alkanes) is 12. The maximum absolute atomic E-state index is 10.3. The van der Waals surface area contributed by atoms with Gasteiger partial charge in [-0.15, -0.1) is 0 Å². The Morgan fingerprint density at radius 2 is 1.11 bits per heavy atom. The highest BCUT2D eigenvalue weighted by Gasteiger charge is 1.96. The molecule has 0 N–H and O–H groups in total. The average Bonchev–Trinajstić information content (AvgIpc) is 2.39. The average molecular weight is 291 g/mol. The van der Waals surface area contributed by atoms with Crippen LogP contribution in [-0.2, 0) is 4.74 Å². The smallest absolute Gasteiger partial charge is 0.403 e. The first-order valence-corrected chi connectivity index (χ1v) is 8.47. The molecule has 0 aromatic heterocycles. The van der Waals surface area contributed by atoms with Crippen molar-refractivity contribution in [3.05, 3.63) is 0 Å². The molecule has 0 unspecified atom stereocenters. The van der Waals surface area contributed by atoms with Crippen molar-refractivity contribution in [2.75, 3.05) is 6.61 Å². The van der Waals surface area contributed by atoms with Crippen LogP contribution in [0.1, 0.15) is 90.4 Å². The molecule has 0 aliphatic heterocycles. The summed E-state index contributed by atoms with van der Waals surface area (Å²) in [5.41, 5.74) is -0.682. The fourth-order valence-corrected chi connectivity index (χ4v) is 2.35. The topological polar surface area (TPSA) is 26.3 Å². The van der Waals surface area contributed by atoms with E-state index in [9.17, 15) is 4.79 Å². The highest BCUT2D eigenvalue weighted by molar-refractivity contribution is 6.61. The van der Waals surface area contributed by atoms with Gasteiger partial charge in [0.1, 0.15) is 0 Å². The highest BCUT2D eigenvalue weighted by Crippen LogP contribution is 2.12. The third-order valence-corrected chi connectivity index (χ3v) is 3.57. The normalized spacial score (nSPS) is 10.6. The van der Waals surface area contributed by atoms with Gasteiger partial charge in [0, 0.05) is 11.6 Å². The van der Waals surface area contributed by atoms with Crippen LogP contribution in [0.3, 0.4) is 0 Å². The first-order chi connectivity index (χ1) is 9.27. The molecule has 0 saturated carbocycles. The fraction of sp³-hybridized carbons (Fsp3) is 0.938. The molecule has 0 aromatic rings. The van der Waals surface area contributed by atoms with Gasteiger partial charge < -0.3 is 4.74 Å². The Morgan fingerprint density at radius 1 is 0.737 bits per heavy atom. The van der Waals surface area contributed by atoms with Gasteiger partial charge in [-0.1, -0.05) is 84.0 Å². The van der Waals surface area contributed by atoms with Crippen molar-refractivity contribution in [1.29, 1.82) is 0 Å². The molecule has 0 spiro atoms. The molecule has 0 atom stereocenters. The number of rotatable bonds is 14. The standard InChI is InChI=1S/C16H31ClO2/c1-2-3-4-5-6-7-8-9-10-11-12-13-14-15-19-16(17)18/h2-15H2,1H3. The third kappa shape index (κ3) is 17.8. The summed E-state index contributed by atoms with van der Waals surface area (Å²) in [5.74, 6) is 0. The van der Waals surface area contributed by atoms with Crippen LogP contribution in [0.25, 0.3) is 0 Å². The Morgan fingerprint density at radius 3 is 1.47 bits per heavy atom. The fourth-order valence-electron chi connectivity index (χ4n) is 2.27. The molecule has 0 radical (unpaired) electrons. The maximum Gasteiger partial charge on any atom is 0.403 e. The summed E-state index contributed by atoms with van der Waals surface area (Å²) in [6.07, 6.45) is 17.2. The number of carbonyl (C=O) groups is 1. The lowest BCUT2D eigenvalue weighted by Crippen LogP contribution is -1.96. The third-order valence-electron chi connectivity index (χ3n) is 3.46. The van der Waals surface area contributed by atoms with Gasteiger partial charge >= 0.3 is 5.43 Å². The lowest BCUT2D eigenvalue weighted by atomic mass is 10.0. The van der Waals surface area contributed by atoms with Gasteiger partial charge in [0.15, 0.2) is 0 Å². The van der Waals surface area contributed by atoms with Crippen molar-refractivity contribution in [2.24, 2.45) is 0 Å². The lowest BCUT2D eigenvalue weighted by molar-refractivity contribution is 0.170. The van der Waals surface area contributed by atoms with Crippen molar-refractivity contribution < 1.29 is 9.53 Å². The van der Waals surface area contributed by atoms with Crippen LogP contribution in [0.15, 0.2) is 0 Å². The maximum atomic E-state index is 10.3. The molecule has 2 nitrogen and oxygen atoms in total. The van der Waals surface area contributed by atoms with E-state index in [0.717, 1.165) is 12.8 Å². The molecular formula is C16H31ClO2. The second kappa shape index (κ2) is 15.8. The summed E-state index contributed by atoms with van der Waals surface area (Å²) < 4.78 is 4.67. The van der Waals surface area contributed by atoms with Gasteiger partial charge in [-0.25, -0.2) is 4.79 Å². The van der Waals surface area contributed by atoms with E-state index in [1.807, 2.05) is 0 Å². The van der Waals surface area contributed by atoms with Crippen molar-refractivity contribution >= 4 is 17.0 Å².